The first-order chi connectivity index (χ1) is 10.2. The Hall–Kier alpha value is -0.240. The smallest absolute Gasteiger partial charge is 0.0701 e. The molecule has 0 unspecified atom stereocenters. The van der Waals surface area contributed by atoms with Crippen LogP contribution in [0.15, 0.2) is 0 Å². The van der Waals surface area contributed by atoms with Gasteiger partial charge in [-0.15, -0.1) is 0 Å². The second-order valence-corrected chi connectivity index (χ2v) is 5.53. The number of aliphatic hydroxyl groups is 1. The first-order valence-electron chi connectivity index (χ1n) is 8.04. The maximum Gasteiger partial charge on any atom is 0.0701 e. The molecule has 1 rings (SSSR count). The summed E-state index contributed by atoms with van der Waals surface area (Å²) in [4.78, 5) is 4.98. The molecule has 1 aliphatic rings. The summed E-state index contributed by atoms with van der Waals surface area (Å²) in [5, 5.41) is 8.52. The summed E-state index contributed by atoms with van der Waals surface area (Å²) >= 11 is 0. The number of nitrogens with zero attached hydrogens (tertiary/aromatic N) is 2. The van der Waals surface area contributed by atoms with Crippen molar-refractivity contribution in [3.05, 3.63) is 0 Å². The molecule has 0 spiro atoms. The molecule has 1 heterocycles. The van der Waals surface area contributed by atoms with Crippen molar-refractivity contribution in [1.82, 2.24) is 9.80 Å². The van der Waals surface area contributed by atoms with Gasteiger partial charge < -0.3 is 19.3 Å². The van der Waals surface area contributed by atoms with Gasteiger partial charge >= 0.3 is 0 Å². The Bertz CT molecular complexity index is 234. The van der Waals surface area contributed by atoms with Gasteiger partial charge in [0.1, 0.15) is 0 Å². The lowest BCUT2D eigenvalue weighted by molar-refractivity contribution is 0.00200. The molecule has 0 aliphatic carbocycles. The predicted molar refractivity (Wildman–Crippen MR) is 82.7 cm³/mol. The normalized spacial score (nSPS) is 17.7. The molecule has 6 heteroatoms. The van der Waals surface area contributed by atoms with Crippen LogP contribution in [0.4, 0.5) is 0 Å². The van der Waals surface area contributed by atoms with Crippen LogP contribution >= 0.6 is 0 Å². The molecule has 0 aromatic heterocycles. The van der Waals surface area contributed by atoms with Crippen molar-refractivity contribution in [1.29, 1.82) is 0 Å². The highest BCUT2D eigenvalue weighted by Gasteiger charge is 2.17. The first-order valence-corrected chi connectivity index (χ1v) is 8.04. The summed E-state index contributed by atoms with van der Waals surface area (Å²) in [6.45, 7) is 13.7. The van der Waals surface area contributed by atoms with Gasteiger partial charge in [-0.3, -0.25) is 9.80 Å². The first kappa shape index (κ1) is 18.8. The molecule has 0 saturated carbocycles. The van der Waals surface area contributed by atoms with E-state index in [0.717, 1.165) is 39.3 Å². The van der Waals surface area contributed by atoms with E-state index in [4.69, 9.17) is 19.3 Å². The molecule has 0 amide bonds. The van der Waals surface area contributed by atoms with Crippen LogP contribution in [0.3, 0.4) is 0 Å². The van der Waals surface area contributed by atoms with E-state index in [-0.39, 0.29) is 6.61 Å². The van der Waals surface area contributed by atoms with Crippen molar-refractivity contribution >= 4 is 0 Å². The minimum absolute atomic E-state index is 0.0640. The molecule has 1 saturated heterocycles. The lowest BCUT2D eigenvalue weighted by Crippen LogP contribution is -2.49. The Morgan fingerprint density at radius 3 is 1.86 bits per heavy atom. The summed E-state index contributed by atoms with van der Waals surface area (Å²) in [5.74, 6) is 0. The van der Waals surface area contributed by atoms with Crippen molar-refractivity contribution in [3.8, 4) is 0 Å². The monoisotopic (exact) mass is 304 g/mol. The van der Waals surface area contributed by atoms with Gasteiger partial charge in [-0.2, -0.15) is 0 Å². The Labute approximate surface area is 128 Å². The maximum absolute atomic E-state index is 8.52. The van der Waals surface area contributed by atoms with Gasteiger partial charge in [0.2, 0.25) is 0 Å². The van der Waals surface area contributed by atoms with Gasteiger partial charge in [0, 0.05) is 38.8 Å². The fourth-order valence-corrected chi connectivity index (χ4v) is 2.30. The summed E-state index contributed by atoms with van der Waals surface area (Å²) in [6, 6.07) is 0.655. The van der Waals surface area contributed by atoms with E-state index < -0.39 is 0 Å². The lowest BCUT2D eigenvalue weighted by atomic mass is 10.2. The number of hydrogen-bond donors (Lipinski definition) is 1. The zero-order chi connectivity index (χ0) is 15.3. The second kappa shape index (κ2) is 12.3. The molecule has 0 atom stereocenters. The van der Waals surface area contributed by atoms with E-state index in [1.165, 1.54) is 0 Å². The fourth-order valence-electron chi connectivity index (χ4n) is 2.30. The van der Waals surface area contributed by atoms with Crippen molar-refractivity contribution in [2.45, 2.75) is 19.9 Å². The van der Waals surface area contributed by atoms with Gasteiger partial charge in [0.25, 0.3) is 0 Å². The average molecular weight is 304 g/mol. The summed E-state index contributed by atoms with van der Waals surface area (Å²) in [7, 11) is 0. The molecule has 1 fully saturated rings. The fraction of sp³-hybridized carbons (Fsp3) is 1.00. The summed E-state index contributed by atoms with van der Waals surface area (Å²) in [5.41, 5.74) is 0. The molecule has 21 heavy (non-hydrogen) atoms. The quantitative estimate of drug-likeness (QED) is 0.514. The van der Waals surface area contributed by atoms with Crippen molar-refractivity contribution < 1.29 is 19.3 Å². The van der Waals surface area contributed by atoms with E-state index in [1.807, 2.05) is 0 Å². The second-order valence-electron chi connectivity index (χ2n) is 5.53. The number of aliphatic hydroxyl groups excluding tert-OH is 1. The third kappa shape index (κ3) is 9.39. The standard InChI is InChI=1S/C15H32N2O4/c1-15(2)17-5-3-16(4-6-17)7-9-19-11-13-21-14-12-20-10-8-18/h15,18H,3-14H2,1-2H3. The predicted octanol–water partition coefficient (Wildman–Crippen LogP) is 0.0545. The number of rotatable bonds is 12. The van der Waals surface area contributed by atoms with Crippen LogP contribution in [0, 0.1) is 0 Å². The van der Waals surface area contributed by atoms with Crippen LogP contribution in [0.5, 0.6) is 0 Å². The molecule has 0 aromatic carbocycles. The van der Waals surface area contributed by atoms with Crippen LogP contribution in [0.2, 0.25) is 0 Å². The number of piperazine rings is 1. The zero-order valence-corrected chi connectivity index (χ0v) is 13.6. The Balaban J connectivity index is 1.83. The highest BCUT2D eigenvalue weighted by molar-refractivity contribution is 4.73. The molecule has 1 aliphatic heterocycles. The Morgan fingerprint density at radius 2 is 1.33 bits per heavy atom. The van der Waals surface area contributed by atoms with Crippen LogP contribution in [0.1, 0.15) is 13.8 Å². The van der Waals surface area contributed by atoms with Crippen LogP contribution < -0.4 is 0 Å². The molecule has 0 aromatic rings. The average Bonchev–Trinajstić information content (AvgIpc) is 2.49. The Morgan fingerprint density at radius 1 is 0.810 bits per heavy atom. The van der Waals surface area contributed by atoms with Gasteiger partial charge in [-0.05, 0) is 13.8 Å². The number of hydrogen-bond acceptors (Lipinski definition) is 6. The molecule has 0 radical (unpaired) electrons. The van der Waals surface area contributed by atoms with Gasteiger partial charge in [0.15, 0.2) is 0 Å². The van der Waals surface area contributed by atoms with Gasteiger partial charge in [-0.1, -0.05) is 0 Å². The third-order valence-corrected chi connectivity index (χ3v) is 3.67. The molecule has 1 N–H and O–H groups in total. The maximum atomic E-state index is 8.52. The largest absolute Gasteiger partial charge is 0.394 e. The van der Waals surface area contributed by atoms with E-state index in [2.05, 4.69) is 23.6 Å². The molecule has 126 valence electrons. The zero-order valence-electron chi connectivity index (χ0n) is 13.6. The molecular weight excluding hydrogens is 272 g/mol. The van der Waals surface area contributed by atoms with Crippen LogP contribution in [-0.2, 0) is 14.2 Å². The minimum Gasteiger partial charge on any atom is -0.394 e. The van der Waals surface area contributed by atoms with Crippen molar-refractivity contribution in [2.75, 3.05) is 79.0 Å². The molecule has 6 nitrogen and oxygen atoms in total. The summed E-state index contributed by atoms with van der Waals surface area (Å²) in [6.07, 6.45) is 0. The van der Waals surface area contributed by atoms with E-state index in [1.54, 1.807) is 0 Å². The highest BCUT2D eigenvalue weighted by Crippen LogP contribution is 2.05. The summed E-state index contributed by atoms with van der Waals surface area (Å²) < 4.78 is 16.0. The van der Waals surface area contributed by atoms with Crippen LogP contribution in [0.25, 0.3) is 0 Å². The van der Waals surface area contributed by atoms with Crippen molar-refractivity contribution in [2.24, 2.45) is 0 Å². The van der Waals surface area contributed by atoms with E-state index >= 15 is 0 Å². The third-order valence-electron chi connectivity index (χ3n) is 3.67. The topological polar surface area (TPSA) is 54.4 Å². The van der Waals surface area contributed by atoms with E-state index in [0.29, 0.717) is 39.1 Å². The lowest BCUT2D eigenvalue weighted by Gasteiger charge is -2.36. The van der Waals surface area contributed by atoms with Crippen LogP contribution in [-0.4, -0.2) is 99.9 Å². The van der Waals surface area contributed by atoms with Crippen molar-refractivity contribution in [3.63, 3.8) is 0 Å². The van der Waals surface area contributed by atoms with Gasteiger partial charge in [-0.25, -0.2) is 0 Å². The number of ether oxygens (including phenoxy) is 3. The van der Waals surface area contributed by atoms with Gasteiger partial charge in [0.05, 0.1) is 46.2 Å². The highest BCUT2D eigenvalue weighted by atomic mass is 16.5. The van der Waals surface area contributed by atoms with E-state index in [9.17, 15) is 0 Å². The molecular formula is C15H32N2O4. The minimum atomic E-state index is 0.0640. The Kier molecular flexibility index (Phi) is 11.0. The molecule has 0 bridgehead atoms. The SMILES string of the molecule is CC(C)N1CCN(CCOCCOCCOCCO)CC1.